The lowest BCUT2D eigenvalue weighted by Crippen LogP contribution is -2.28. The fourth-order valence-electron chi connectivity index (χ4n) is 2.44. The van der Waals surface area contributed by atoms with Gasteiger partial charge in [0, 0.05) is 6.42 Å². The highest BCUT2D eigenvalue weighted by molar-refractivity contribution is 5.44. The van der Waals surface area contributed by atoms with Gasteiger partial charge in [0.25, 0.3) is 0 Å². The molecule has 5 heteroatoms. The minimum absolute atomic E-state index is 0.0765. The first-order chi connectivity index (χ1) is 9.20. The summed E-state index contributed by atoms with van der Waals surface area (Å²) in [7, 11) is 0. The standard InChI is InChI=1S/C14H19NO4/c1-14(4-5-15)18-9-13(19-14)10-2-3-11-12(8-10)17-7-6-16-11/h2-3,8,13H,4-7,9,15H2,1H3. The number of hydrogen-bond acceptors (Lipinski definition) is 5. The molecule has 104 valence electrons. The Bertz CT molecular complexity index is 465. The third-order valence-electron chi connectivity index (χ3n) is 3.47. The van der Waals surface area contributed by atoms with E-state index in [1.165, 1.54) is 0 Å². The fraction of sp³-hybridized carbons (Fsp3) is 0.571. The monoisotopic (exact) mass is 265 g/mol. The summed E-state index contributed by atoms with van der Waals surface area (Å²) < 4.78 is 22.8. The van der Waals surface area contributed by atoms with Crippen molar-refractivity contribution in [2.75, 3.05) is 26.4 Å². The number of ether oxygens (including phenoxy) is 4. The van der Waals surface area contributed by atoms with Crippen molar-refractivity contribution < 1.29 is 18.9 Å². The average Bonchev–Trinajstić information content (AvgIpc) is 2.81. The number of hydrogen-bond donors (Lipinski definition) is 1. The van der Waals surface area contributed by atoms with Gasteiger partial charge < -0.3 is 24.7 Å². The van der Waals surface area contributed by atoms with Gasteiger partial charge in [0.15, 0.2) is 17.3 Å². The normalized spacial score (nSPS) is 29.5. The van der Waals surface area contributed by atoms with Crippen molar-refractivity contribution in [3.05, 3.63) is 23.8 Å². The molecule has 0 bridgehead atoms. The highest BCUT2D eigenvalue weighted by Gasteiger charge is 2.37. The van der Waals surface area contributed by atoms with E-state index >= 15 is 0 Å². The van der Waals surface area contributed by atoms with Gasteiger partial charge in [-0.1, -0.05) is 6.07 Å². The minimum Gasteiger partial charge on any atom is -0.486 e. The van der Waals surface area contributed by atoms with Crippen molar-refractivity contribution >= 4 is 0 Å². The highest BCUT2D eigenvalue weighted by atomic mass is 16.7. The Hall–Kier alpha value is -1.30. The first-order valence-corrected chi connectivity index (χ1v) is 6.61. The molecule has 2 N–H and O–H groups in total. The molecule has 19 heavy (non-hydrogen) atoms. The van der Waals surface area contributed by atoms with Crippen LogP contribution in [-0.4, -0.2) is 32.2 Å². The van der Waals surface area contributed by atoms with Gasteiger partial charge in [-0.3, -0.25) is 0 Å². The van der Waals surface area contributed by atoms with E-state index < -0.39 is 5.79 Å². The maximum atomic E-state index is 5.97. The second-order valence-corrected chi connectivity index (χ2v) is 4.99. The lowest BCUT2D eigenvalue weighted by molar-refractivity contribution is -0.157. The molecular weight excluding hydrogens is 246 g/mol. The third kappa shape index (κ3) is 2.54. The van der Waals surface area contributed by atoms with Crippen LogP contribution in [0.25, 0.3) is 0 Å². The number of nitrogens with two attached hydrogens (primary N) is 1. The van der Waals surface area contributed by atoms with Crippen molar-refractivity contribution in [2.45, 2.75) is 25.2 Å². The summed E-state index contributed by atoms with van der Waals surface area (Å²) in [5.74, 6) is 0.991. The van der Waals surface area contributed by atoms with Gasteiger partial charge in [-0.15, -0.1) is 0 Å². The molecule has 3 rings (SSSR count). The second-order valence-electron chi connectivity index (χ2n) is 4.99. The Morgan fingerprint density at radius 1 is 1.26 bits per heavy atom. The summed E-state index contributed by atoms with van der Waals surface area (Å²) in [5, 5.41) is 0. The van der Waals surface area contributed by atoms with Crippen molar-refractivity contribution in [3.8, 4) is 11.5 Å². The van der Waals surface area contributed by atoms with Crippen LogP contribution in [0.5, 0.6) is 11.5 Å². The zero-order valence-electron chi connectivity index (χ0n) is 11.1. The molecule has 2 heterocycles. The van der Waals surface area contributed by atoms with E-state index in [2.05, 4.69) is 0 Å². The van der Waals surface area contributed by atoms with Gasteiger partial charge in [0.2, 0.25) is 0 Å². The van der Waals surface area contributed by atoms with Crippen LogP contribution in [0.15, 0.2) is 18.2 Å². The van der Waals surface area contributed by atoms with E-state index in [0.29, 0.717) is 32.8 Å². The SMILES string of the molecule is CC1(CCN)OCC(c2ccc3c(c2)OCCO3)O1. The molecule has 2 aliphatic rings. The van der Waals surface area contributed by atoms with Crippen molar-refractivity contribution in [3.63, 3.8) is 0 Å². The smallest absolute Gasteiger partial charge is 0.167 e. The Morgan fingerprint density at radius 2 is 2.05 bits per heavy atom. The summed E-state index contributed by atoms with van der Waals surface area (Å²) in [5.41, 5.74) is 6.62. The maximum absolute atomic E-state index is 5.97. The zero-order valence-corrected chi connectivity index (χ0v) is 11.1. The van der Waals surface area contributed by atoms with E-state index in [9.17, 15) is 0 Å². The van der Waals surface area contributed by atoms with Crippen molar-refractivity contribution in [1.29, 1.82) is 0 Å². The molecule has 1 aromatic carbocycles. The molecule has 1 fully saturated rings. The van der Waals surface area contributed by atoms with E-state index in [1.807, 2.05) is 25.1 Å². The van der Waals surface area contributed by atoms with Gasteiger partial charge in [0.1, 0.15) is 19.3 Å². The predicted molar refractivity (Wildman–Crippen MR) is 69.3 cm³/mol. The lowest BCUT2D eigenvalue weighted by atomic mass is 10.1. The Labute approximate surface area is 112 Å². The number of benzene rings is 1. The van der Waals surface area contributed by atoms with Crippen LogP contribution in [0.1, 0.15) is 25.0 Å². The molecule has 2 atom stereocenters. The second kappa shape index (κ2) is 5.00. The molecule has 1 aromatic rings. The molecule has 0 radical (unpaired) electrons. The molecule has 5 nitrogen and oxygen atoms in total. The molecule has 2 aliphatic heterocycles. The van der Waals surface area contributed by atoms with Crippen LogP contribution in [0, 0.1) is 0 Å². The van der Waals surface area contributed by atoms with E-state index in [4.69, 9.17) is 24.7 Å². The summed E-state index contributed by atoms with van der Waals surface area (Å²) in [6, 6.07) is 5.89. The number of fused-ring (bicyclic) bond motifs is 1. The molecule has 0 saturated carbocycles. The molecule has 2 unspecified atom stereocenters. The summed E-state index contributed by atoms with van der Waals surface area (Å²) in [6.45, 7) is 4.20. The fourth-order valence-corrected chi connectivity index (χ4v) is 2.44. The van der Waals surface area contributed by atoms with E-state index in [1.54, 1.807) is 0 Å². The van der Waals surface area contributed by atoms with Crippen LogP contribution >= 0.6 is 0 Å². The lowest BCUT2D eigenvalue weighted by Gasteiger charge is -2.23. The van der Waals surface area contributed by atoms with Gasteiger partial charge in [-0.05, 0) is 31.2 Å². The van der Waals surface area contributed by atoms with Crippen molar-refractivity contribution in [2.24, 2.45) is 5.73 Å². The topological polar surface area (TPSA) is 62.9 Å². The Balaban J connectivity index is 1.76. The largest absolute Gasteiger partial charge is 0.486 e. The molecule has 0 aliphatic carbocycles. The summed E-state index contributed by atoms with van der Waals surface area (Å²) in [6.07, 6.45) is 0.612. The maximum Gasteiger partial charge on any atom is 0.167 e. The van der Waals surface area contributed by atoms with Gasteiger partial charge in [-0.2, -0.15) is 0 Å². The van der Waals surface area contributed by atoms with Gasteiger partial charge in [-0.25, -0.2) is 0 Å². The van der Waals surface area contributed by atoms with Crippen LogP contribution < -0.4 is 15.2 Å². The predicted octanol–water partition coefficient (Wildman–Crippen LogP) is 1.61. The Morgan fingerprint density at radius 3 is 2.84 bits per heavy atom. The van der Waals surface area contributed by atoms with E-state index in [-0.39, 0.29) is 6.10 Å². The first kappa shape index (κ1) is 12.7. The van der Waals surface area contributed by atoms with Crippen LogP contribution in [-0.2, 0) is 9.47 Å². The Kier molecular flexibility index (Phi) is 3.35. The molecular formula is C14H19NO4. The van der Waals surface area contributed by atoms with Gasteiger partial charge >= 0.3 is 0 Å². The van der Waals surface area contributed by atoms with Crippen LogP contribution in [0.2, 0.25) is 0 Å². The van der Waals surface area contributed by atoms with Crippen molar-refractivity contribution in [1.82, 2.24) is 0 Å². The van der Waals surface area contributed by atoms with Crippen LogP contribution in [0.3, 0.4) is 0 Å². The van der Waals surface area contributed by atoms with E-state index in [0.717, 1.165) is 17.1 Å². The third-order valence-corrected chi connectivity index (χ3v) is 3.47. The molecule has 0 amide bonds. The highest BCUT2D eigenvalue weighted by Crippen LogP contribution is 2.39. The minimum atomic E-state index is -0.577. The van der Waals surface area contributed by atoms with Gasteiger partial charge in [0.05, 0.1) is 6.61 Å². The average molecular weight is 265 g/mol. The zero-order chi connectivity index (χ0) is 13.3. The van der Waals surface area contributed by atoms with Crippen LogP contribution in [0.4, 0.5) is 0 Å². The first-order valence-electron chi connectivity index (χ1n) is 6.61. The number of rotatable bonds is 3. The quantitative estimate of drug-likeness (QED) is 0.899. The summed E-state index contributed by atoms with van der Waals surface area (Å²) in [4.78, 5) is 0. The molecule has 1 saturated heterocycles. The molecule has 0 spiro atoms. The summed E-state index contributed by atoms with van der Waals surface area (Å²) >= 11 is 0. The molecule has 0 aromatic heterocycles.